The zero-order valence-corrected chi connectivity index (χ0v) is 16.9. The zero-order chi connectivity index (χ0) is 19.0. The highest BCUT2D eigenvalue weighted by Gasteiger charge is 2.27. The minimum Gasteiger partial charge on any atom is -0.298 e. The number of carbonyl (C=O) groups excluding carboxylic acids is 1. The maximum atomic E-state index is 12.6. The van der Waals surface area contributed by atoms with Crippen LogP contribution in [0.4, 0.5) is 5.13 Å². The summed E-state index contributed by atoms with van der Waals surface area (Å²) in [4.78, 5) is 18.5. The van der Waals surface area contributed by atoms with E-state index in [-0.39, 0.29) is 10.8 Å². The van der Waals surface area contributed by atoms with Crippen molar-refractivity contribution in [3.63, 3.8) is 0 Å². The Morgan fingerprint density at radius 3 is 2.63 bits per heavy atom. The van der Waals surface area contributed by atoms with Crippen molar-refractivity contribution in [2.75, 3.05) is 18.4 Å². The highest BCUT2D eigenvalue weighted by atomic mass is 32.2. The molecule has 6 nitrogen and oxygen atoms in total. The lowest BCUT2D eigenvalue weighted by Gasteiger charge is -2.15. The van der Waals surface area contributed by atoms with Crippen LogP contribution in [0, 0.1) is 5.92 Å². The van der Waals surface area contributed by atoms with Gasteiger partial charge in [0, 0.05) is 23.5 Å². The van der Waals surface area contributed by atoms with Gasteiger partial charge >= 0.3 is 0 Å². The Bertz CT molecular complexity index is 945. The molecule has 0 spiro atoms. The Hall–Kier alpha value is -1.77. The van der Waals surface area contributed by atoms with Gasteiger partial charge in [-0.05, 0) is 62.3 Å². The fourth-order valence-electron chi connectivity index (χ4n) is 3.62. The van der Waals surface area contributed by atoms with Crippen molar-refractivity contribution in [1.82, 2.24) is 9.29 Å². The van der Waals surface area contributed by atoms with Crippen molar-refractivity contribution in [1.29, 1.82) is 0 Å². The second-order valence-corrected chi connectivity index (χ2v) is 10.3. The van der Waals surface area contributed by atoms with Gasteiger partial charge in [0.1, 0.15) is 0 Å². The first-order valence-corrected chi connectivity index (χ1v) is 11.6. The largest absolute Gasteiger partial charge is 0.298 e. The second kappa shape index (κ2) is 7.33. The summed E-state index contributed by atoms with van der Waals surface area (Å²) >= 11 is 1.54. The Morgan fingerprint density at radius 2 is 1.93 bits per heavy atom. The lowest BCUT2D eigenvalue weighted by molar-refractivity contribution is 0.102. The standard InChI is InChI=1S/C19H23N3O3S2/c1-13-4-9-16-17(12-13)26-19(20-16)21-18(23)14-5-7-15(8-6-14)27(24,25)22-10-2-3-11-22/h5-8,13H,2-4,9-12H2,1H3,(H,20,21,23)/t13-/m1/s1. The van der Waals surface area contributed by atoms with Crippen LogP contribution in [-0.2, 0) is 22.9 Å². The fraction of sp³-hybridized carbons (Fsp3) is 0.474. The van der Waals surface area contributed by atoms with Crippen molar-refractivity contribution in [3.05, 3.63) is 40.4 Å². The van der Waals surface area contributed by atoms with E-state index in [1.165, 1.54) is 21.3 Å². The van der Waals surface area contributed by atoms with Gasteiger partial charge in [0.25, 0.3) is 5.91 Å². The SMILES string of the molecule is C[C@@H]1CCc2nc(NC(=O)c3ccc(S(=O)(=O)N4CCCC4)cc3)sc2C1. The smallest absolute Gasteiger partial charge is 0.257 e. The summed E-state index contributed by atoms with van der Waals surface area (Å²) in [5.41, 5.74) is 1.53. The fourth-order valence-corrected chi connectivity index (χ4v) is 6.30. The number of rotatable bonds is 4. The molecule has 2 heterocycles. The van der Waals surface area contributed by atoms with Crippen LogP contribution in [0.3, 0.4) is 0 Å². The van der Waals surface area contributed by atoms with Crippen molar-refractivity contribution >= 4 is 32.4 Å². The molecule has 1 aliphatic carbocycles. The molecule has 0 bridgehead atoms. The molecule has 2 aliphatic rings. The summed E-state index contributed by atoms with van der Waals surface area (Å²) < 4.78 is 26.6. The number of aromatic nitrogens is 1. The predicted molar refractivity (Wildman–Crippen MR) is 106 cm³/mol. The van der Waals surface area contributed by atoms with Gasteiger partial charge in [-0.2, -0.15) is 4.31 Å². The number of amides is 1. The number of aryl methyl sites for hydroxylation is 1. The van der Waals surface area contributed by atoms with Crippen molar-refractivity contribution in [3.8, 4) is 0 Å². The molecular weight excluding hydrogens is 382 g/mol. The number of anilines is 1. The summed E-state index contributed by atoms with van der Waals surface area (Å²) in [6, 6.07) is 6.15. The van der Waals surface area contributed by atoms with Crippen LogP contribution < -0.4 is 5.32 Å². The highest BCUT2D eigenvalue weighted by Crippen LogP contribution is 2.32. The second-order valence-electron chi connectivity index (χ2n) is 7.33. The van der Waals surface area contributed by atoms with Gasteiger partial charge in [0.05, 0.1) is 10.6 Å². The average molecular weight is 406 g/mol. The summed E-state index contributed by atoms with van der Waals surface area (Å²) in [5.74, 6) is 0.394. The number of hydrogen-bond acceptors (Lipinski definition) is 5. The van der Waals surface area contributed by atoms with E-state index in [2.05, 4.69) is 17.2 Å². The van der Waals surface area contributed by atoms with E-state index in [0.29, 0.717) is 29.7 Å². The van der Waals surface area contributed by atoms with E-state index in [1.807, 2.05) is 0 Å². The van der Waals surface area contributed by atoms with E-state index in [4.69, 9.17) is 0 Å². The molecule has 1 N–H and O–H groups in total. The Morgan fingerprint density at radius 1 is 1.22 bits per heavy atom. The molecule has 4 rings (SSSR count). The van der Waals surface area contributed by atoms with Gasteiger partial charge in [0.15, 0.2) is 5.13 Å². The van der Waals surface area contributed by atoms with Crippen molar-refractivity contribution in [2.45, 2.75) is 43.9 Å². The number of benzene rings is 1. The van der Waals surface area contributed by atoms with Gasteiger partial charge in [-0.1, -0.05) is 6.92 Å². The summed E-state index contributed by atoms with van der Waals surface area (Å²) in [5, 5.41) is 3.47. The number of carbonyl (C=O) groups is 1. The number of sulfonamides is 1. The lowest BCUT2D eigenvalue weighted by atomic mass is 9.93. The number of nitrogens with one attached hydrogen (secondary N) is 1. The molecule has 27 heavy (non-hydrogen) atoms. The predicted octanol–water partition coefficient (Wildman–Crippen LogP) is 3.30. The van der Waals surface area contributed by atoms with Crippen LogP contribution in [-0.4, -0.2) is 36.7 Å². The molecule has 0 saturated carbocycles. The maximum absolute atomic E-state index is 12.6. The van der Waals surface area contributed by atoms with Crippen LogP contribution in [0.2, 0.25) is 0 Å². The van der Waals surface area contributed by atoms with Gasteiger partial charge in [0.2, 0.25) is 10.0 Å². The van der Waals surface area contributed by atoms with Crippen LogP contribution in [0.1, 0.15) is 47.1 Å². The third-order valence-electron chi connectivity index (χ3n) is 5.23. The van der Waals surface area contributed by atoms with Crippen molar-refractivity contribution in [2.24, 2.45) is 5.92 Å². The molecule has 144 valence electrons. The first kappa shape index (κ1) is 18.6. The Kier molecular flexibility index (Phi) is 5.05. The molecule has 2 aromatic rings. The quantitative estimate of drug-likeness (QED) is 0.846. The third kappa shape index (κ3) is 3.79. The van der Waals surface area contributed by atoms with Crippen LogP contribution in [0.5, 0.6) is 0 Å². The molecule has 1 atom stereocenters. The van der Waals surface area contributed by atoms with E-state index < -0.39 is 10.0 Å². The third-order valence-corrected chi connectivity index (χ3v) is 8.17. The first-order valence-electron chi connectivity index (χ1n) is 9.33. The monoisotopic (exact) mass is 405 g/mol. The molecule has 0 unspecified atom stereocenters. The van der Waals surface area contributed by atoms with Gasteiger partial charge in [-0.3, -0.25) is 10.1 Å². The van der Waals surface area contributed by atoms with E-state index in [1.54, 1.807) is 23.5 Å². The molecule has 1 saturated heterocycles. The van der Waals surface area contributed by atoms with Crippen LogP contribution in [0.15, 0.2) is 29.2 Å². The molecule has 1 fully saturated rings. The molecule has 1 aliphatic heterocycles. The van der Waals surface area contributed by atoms with Gasteiger partial charge in [-0.25, -0.2) is 13.4 Å². The van der Waals surface area contributed by atoms with E-state index >= 15 is 0 Å². The molecule has 1 aromatic heterocycles. The molecule has 1 amide bonds. The van der Waals surface area contributed by atoms with E-state index in [0.717, 1.165) is 37.8 Å². The van der Waals surface area contributed by atoms with E-state index in [9.17, 15) is 13.2 Å². The zero-order valence-electron chi connectivity index (χ0n) is 15.3. The number of nitrogens with zero attached hydrogens (tertiary/aromatic N) is 2. The topological polar surface area (TPSA) is 79.4 Å². The Balaban J connectivity index is 1.47. The van der Waals surface area contributed by atoms with Gasteiger partial charge in [-0.15, -0.1) is 11.3 Å². The minimum atomic E-state index is -3.46. The average Bonchev–Trinajstić information content (AvgIpc) is 3.31. The molecular formula is C19H23N3O3S2. The minimum absolute atomic E-state index is 0.236. The maximum Gasteiger partial charge on any atom is 0.257 e. The lowest BCUT2D eigenvalue weighted by Crippen LogP contribution is -2.27. The highest BCUT2D eigenvalue weighted by molar-refractivity contribution is 7.89. The molecule has 8 heteroatoms. The van der Waals surface area contributed by atoms with Crippen LogP contribution >= 0.6 is 11.3 Å². The summed E-state index contributed by atoms with van der Waals surface area (Å²) in [6.07, 6.45) is 4.92. The number of hydrogen-bond donors (Lipinski definition) is 1. The molecule has 1 aromatic carbocycles. The van der Waals surface area contributed by atoms with Crippen LogP contribution in [0.25, 0.3) is 0 Å². The summed E-state index contributed by atoms with van der Waals surface area (Å²) in [6.45, 7) is 3.37. The Labute approximate surface area is 163 Å². The summed E-state index contributed by atoms with van der Waals surface area (Å²) in [7, 11) is -3.46. The number of thiazole rings is 1. The van der Waals surface area contributed by atoms with Gasteiger partial charge < -0.3 is 0 Å². The number of fused-ring (bicyclic) bond motifs is 1. The molecule has 0 radical (unpaired) electrons. The normalized spacial score (nSPS) is 20.4. The first-order chi connectivity index (χ1) is 12.9. The van der Waals surface area contributed by atoms with Crippen molar-refractivity contribution < 1.29 is 13.2 Å².